The minimum Gasteiger partial charge on any atom is -0.487 e. The van der Waals surface area contributed by atoms with Gasteiger partial charge in [-0.2, -0.15) is 0 Å². The van der Waals surface area contributed by atoms with Gasteiger partial charge in [0, 0.05) is 24.2 Å². The number of hydrogen-bond donors (Lipinski definition) is 2. The maximum atomic E-state index is 14.0. The van der Waals surface area contributed by atoms with Crippen molar-refractivity contribution in [3.8, 4) is 5.75 Å². The standard InChI is InChI=1S/C19H21FN2O2/c20-16-11-14(9-10-18(16)24-15-7-4-8-15)22-19(23)12-17(21)13-5-2-1-3-6-13/h1-3,5-6,9-11,15,17H,4,7-8,12,21H2,(H,22,23). The van der Waals surface area contributed by atoms with Gasteiger partial charge in [-0.05, 0) is 37.0 Å². The van der Waals surface area contributed by atoms with E-state index in [0.717, 1.165) is 24.8 Å². The molecule has 1 atom stereocenters. The van der Waals surface area contributed by atoms with Gasteiger partial charge < -0.3 is 15.8 Å². The number of ether oxygens (including phenoxy) is 1. The van der Waals surface area contributed by atoms with Gasteiger partial charge in [-0.15, -0.1) is 0 Å². The van der Waals surface area contributed by atoms with E-state index in [9.17, 15) is 9.18 Å². The lowest BCUT2D eigenvalue weighted by Gasteiger charge is -2.26. The van der Waals surface area contributed by atoms with E-state index in [4.69, 9.17) is 10.5 Å². The summed E-state index contributed by atoms with van der Waals surface area (Å²) in [5.74, 6) is -0.482. The number of rotatable bonds is 6. The van der Waals surface area contributed by atoms with Gasteiger partial charge in [0.2, 0.25) is 5.91 Å². The molecule has 0 bridgehead atoms. The van der Waals surface area contributed by atoms with Gasteiger partial charge in [0.05, 0.1) is 6.10 Å². The summed E-state index contributed by atoms with van der Waals surface area (Å²) in [6, 6.07) is 13.5. The van der Waals surface area contributed by atoms with Gasteiger partial charge in [0.25, 0.3) is 0 Å². The van der Waals surface area contributed by atoms with Gasteiger partial charge in [-0.25, -0.2) is 4.39 Å². The van der Waals surface area contributed by atoms with Crippen LogP contribution in [0, 0.1) is 5.82 Å². The van der Waals surface area contributed by atoms with Gasteiger partial charge in [-0.1, -0.05) is 30.3 Å². The molecule has 0 heterocycles. The van der Waals surface area contributed by atoms with Gasteiger partial charge in [0.15, 0.2) is 11.6 Å². The molecule has 5 heteroatoms. The van der Waals surface area contributed by atoms with E-state index in [2.05, 4.69) is 5.32 Å². The monoisotopic (exact) mass is 328 g/mol. The molecule has 24 heavy (non-hydrogen) atoms. The molecule has 1 aliphatic carbocycles. The van der Waals surface area contributed by atoms with E-state index in [1.807, 2.05) is 30.3 Å². The lowest BCUT2D eigenvalue weighted by Crippen LogP contribution is -2.25. The van der Waals surface area contributed by atoms with Crippen molar-refractivity contribution in [1.82, 2.24) is 0 Å². The van der Waals surface area contributed by atoms with Crippen LogP contribution >= 0.6 is 0 Å². The predicted molar refractivity (Wildman–Crippen MR) is 91.3 cm³/mol. The molecule has 0 spiro atoms. The summed E-state index contributed by atoms with van der Waals surface area (Å²) in [5, 5.41) is 2.68. The van der Waals surface area contributed by atoms with Gasteiger partial charge >= 0.3 is 0 Å². The second kappa shape index (κ2) is 7.45. The van der Waals surface area contributed by atoms with Gasteiger partial charge in [0.1, 0.15) is 0 Å². The number of nitrogens with two attached hydrogens (primary N) is 1. The van der Waals surface area contributed by atoms with Crippen molar-refractivity contribution in [1.29, 1.82) is 0 Å². The van der Waals surface area contributed by atoms with E-state index in [1.54, 1.807) is 12.1 Å². The molecule has 2 aromatic rings. The van der Waals surface area contributed by atoms with Crippen LogP contribution in [-0.2, 0) is 4.79 Å². The summed E-state index contributed by atoms with van der Waals surface area (Å²) in [6.45, 7) is 0. The molecule has 1 amide bonds. The van der Waals surface area contributed by atoms with Crippen LogP contribution in [0.25, 0.3) is 0 Å². The molecule has 0 aliphatic heterocycles. The quantitative estimate of drug-likeness (QED) is 0.848. The summed E-state index contributed by atoms with van der Waals surface area (Å²) in [5.41, 5.74) is 7.32. The van der Waals surface area contributed by atoms with Crippen molar-refractivity contribution in [3.05, 3.63) is 59.9 Å². The van der Waals surface area contributed by atoms with Crippen LogP contribution < -0.4 is 15.8 Å². The van der Waals surface area contributed by atoms with Crippen LogP contribution in [0.4, 0.5) is 10.1 Å². The smallest absolute Gasteiger partial charge is 0.226 e. The Hall–Kier alpha value is -2.40. The van der Waals surface area contributed by atoms with Crippen molar-refractivity contribution in [3.63, 3.8) is 0 Å². The normalized spacial score (nSPS) is 15.4. The number of halogens is 1. The molecular weight excluding hydrogens is 307 g/mol. The molecule has 0 aromatic heterocycles. The van der Waals surface area contributed by atoms with Crippen LogP contribution in [0.5, 0.6) is 5.75 Å². The third-order valence-electron chi connectivity index (χ3n) is 4.19. The number of amides is 1. The molecule has 1 unspecified atom stereocenters. The second-order valence-electron chi connectivity index (χ2n) is 6.09. The SMILES string of the molecule is NC(CC(=O)Nc1ccc(OC2CCC2)c(F)c1)c1ccccc1. The molecule has 3 rings (SSSR count). The lowest BCUT2D eigenvalue weighted by atomic mass is 9.96. The minimum atomic E-state index is -0.466. The zero-order valence-corrected chi connectivity index (χ0v) is 13.4. The highest BCUT2D eigenvalue weighted by Crippen LogP contribution is 2.28. The fraction of sp³-hybridized carbons (Fsp3) is 0.316. The largest absolute Gasteiger partial charge is 0.487 e. The minimum absolute atomic E-state index is 0.115. The highest BCUT2D eigenvalue weighted by atomic mass is 19.1. The van der Waals surface area contributed by atoms with Crippen LogP contribution in [0.15, 0.2) is 48.5 Å². The average Bonchev–Trinajstić information content (AvgIpc) is 2.53. The van der Waals surface area contributed by atoms with Crippen molar-refractivity contribution >= 4 is 11.6 Å². The Morgan fingerprint density at radius 1 is 1.25 bits per heavy atom. The summed E-state index contributed by atoms with van der Waals surface area (Å²) in [4.78, 5) is 12.1. The average molecular weight is 328 g/mol. The summed E-state index contributed by atoms with van der Waals surface area (Å²) in [6.07, 6.45) is 3.31. The molecule has 0 radical (unpaired) electrons. The molecule has 1 aliphatic rings. The maximum Gasteiger partial charge on any atom is 0.226 e. The Bertz CT molecular complexity index is 702. The first kappa shape index (κ1) is 16.5. The molecule has 3 N–H and O–H groups in total. The van der Waals surface area contributed by atoms with E-state index in [-0.39, 0.29) is 24.2 Å². The van der Waals surface area contributed by atoms with Crippen molar-refractivity contribution in [2.75, 3.05) is 5.32 Å². The number of carbonyl (C=O) groups excluding carboxylic acids is 1. The third kappa shape index (κ3) is 4.11. The van der Waals surface area contributed by atoms with Crippen LogP contribution in [0.2, 0.25) is 0 Å². The molecule has 0 saturated heterocycles. The zero-order valence-electron chi connectivity index (χ0n) is 13.4. The molecule has 1 saturated carbocycles. The second-order valence-corrected chi connectivity index (χ2v) is 6.09. The maximum absolute atomic E-state index is 14.0. The molecular formula is C19H21FN2O2. The van der Waals surface area contributed by atoms with Crippen LogP contribution in [-0.4, -0.2) is 12.0 Å². The van der Waals surface area contributed by atoms with Crippen LogP contribution in [0.1, 0.15) is 37.3 Å². The Balaban J connectivity index is 1.56. The van der Waals surface area contributed by atoms with Crippen molar-refractivity contribution < 1.29 is 13.9 Å². The fourth-order valence-electron chi connectivity index (χ4n) is 2.57. The number of benzene rings is 2. The van der Waals surface area contributed by atoms with Crippen molar-refractivity contribution in [2.24, 2.45) is 5.73 Å². The van der Waals surface area contributed by atoms with E-state index < -0.39 is 11.9 Å². The third-order valence-corrected chi connectivity index (χ3v) is 4.19. The van der Waals surface area contributed by atoms with Crippen LogP contribution in [0.3, 0.4) is 0 Å². The van der Waals surface area contributed by atoms with Gasteiger partial charge in [-0.3, -0.25) is 4.79 Å². The highest BCUT2D eigenvalue weighted by molar-refractivity contribution is 5.91. The van der Waals surface area contributed by atoms with E-state index in [1.165, 1.54) is 6.07 Å². The summed E-state index contributed by atoms with van der Waals surface area (Å²) in [7, 11) is 0. The van der Waals surface area contributed by atoms with Crippen molar-refractivity contribution in [2.45, 2.75) is 37.8 Å². The van der Waals surface area contributed by atoms with E-state index >= 15 is 0 Å². The summed E-state index contributed by atoms with van der Waals surface area (Å²) >= 11 is 0. The molecule has 126 valence electrons. The molecule has 4 nitrogen and oxygen atoms in total. The Morgan fingerprint density at radius 2 is 2.00 bits per heavy atom. The molecule has 2 aromatic carbocycles. The Morgan fingerprint density at radius 3 is 2.62 bits per heavy atom. The number of nitrogens with one attached hydrogen (secondary N) is 1. The zero-order chi connectivity index (χ0) is 16.9. The number of hydrogen-bond acceptors (Lipinski definition) is 3. The van der Waals surface area contributed by atoms with E-state index in [0.29, 0.717) is 5.69 Å². The number of anilines is 1. The Kier molecular flexibility index (Phi) is 5.11. The highest BCUT2D eigenvalue weighted by Gasteiger charge is 2.20. The lowest BCUT2D eigenvalue weighted by molar-refractivity contribution is -0.116. The topological polar surface area (TPSA) is 64.4 Å². The first-order valence-electron chi connectivity index (χ1n) is 8.18. The first-order chi connectivity index (χ1) is 11.6. The summed E-state index contributed by atoms with van der Waals surface area (Å²) < 4.78 is 19.6. The Labute approximate surface area is 140 Å². The first-order valence-corrected chi connectivity index (χ1v) is 8.18. The fourth-order valence-corrected chi connectivity index (χ4v) is 2.57. The predicted octanol–water partition coefficient (Wildman–Crippen LogP) is 3.79. The number of carbonyl (C=O) groups is 1. The molecule has 1 fully saturated rings.